The third-order valence-corrected chi connectivity index (χ3v) is 11.8. The van der Waals surface area contributed by atoms with Gasteiger partial charge in [-0.2, -0.15) is 0 Å². The van der Waals surface area contributed by atoms with E-state index in [2.05, 4.69) is 13.8 Å². The van der Waals surface area contributed by atoms with E-state index in [1.165, 1.54) is 35.3 Å². The van der Waals surface area contributed by atoms with Crippen LogP contribution in [0.1, 0.15) is 39.5 Å². The molecule has 79 valence electrons. The summed E-state index contributed by atoms with van der Waals surface area (Å²) in [7, 11) is 1.86. The Kier molecular flexibility index (Phi) is 10.2. The first-order valence-electron chi connectivity index (χ1n) is 4.86. The molecule has 0 heterocycles. The van der Waals surface area contributed by atoms with E-state index in [0.717, 1.165) is 0 Å². The molecule has 0 aromatic rings. The van der Waals surface area contributed by atoms with Crippen LogP contribution in [-0.2, 0) is 16.0 Å². The van der Waals surface area contributed by atoms with Crippen LogP contribution in [0.5, 0.6) is 0 Å². The molecular formula is C9H20MoNS2. The first-order valence-corrected chi connectivity index (χ1v) is 11.3. The number of unbranched alkanes of at least 4 members (excludes halogenated alkanes) is 2. The van der Waals surface area contributed by atoms with Gasteiger partial charge in [0.25, 0.3) is 0 Å². The van der Waals surface area contributed by atoms with Crippen molar-refractivity contribution in [1.29, 1.82) is 0 Å². The van der Waals surface area contributed by atoms with E-state index in [-0.39, 0.29) is 0 Å². The first kappa shape index (κ1) is 13.9. The Bertz CT molecular complexity index is 134. The monoisotopic (exact) mass is 304 g/mol. The van der Waals surface area contributed by atoms with Gasteiger partial charge in [0.1, 0.15) is 0 Å². The van der Waals surface area contributed by atoms with Crippen molar-refractivity contribution in [2.75, 3.05) is 0 Å². The Morgan fingerprint density at radius 1 is 1.23 bits per heavy atom. The molecule has 0 aromatic carbocycles. The molecule has 0 bridgehead atoms. The minimum absolute atomic E-state index is 0.684. The van der Waals surface area contributed by atoms with Crippen LogP contribution in [-0.4, -0.2) is 4.32 Å². The van der Waals surface area contributed by atoms with Gasteiger partial charge in [-0.15, -0.1) is 0 Å². The predicted octanol–water partition coefficient (Wildman–Crippen LogP) is 3.93. The van der Waals surface area contributed by atoms with Gasteiger partial charge in [-0.05, 0) is 0 Å². The van der Waals surface area contributed by atoms with Crippen LogP contribution in [0.25, 0.3) is 0 Å². The molecule has 0 rings (SSSR count). The van der Waals surface area contributed by atoms with E-state index in [1.54, 1.807) is 0 Å². The second-order valence-electron chi connectivity index (χ2n) is 2.96. The second kappa shape index (κ2) is 9.48. The summed E-state index contributed by atoms with van der Waals surface area (Å²) in [6.07, 6.45) is 5.36. The Morgan fingerprint density at radius 2 is 1.69 bits per heavy atom. The summed E-state index contributed by atoms with van der Waals surface area (Å²) >= 11 is 3.98. The van der Waals surface area contributed by atoms with Gasteiger partial charge >= 0.3 is 96.9 Å². The SMILES string of the molecule is CCC[CH2][Mo]([CH2]CCC)[S]C(N)=S. The number of hydrogen-bond acceptors (Lipinski definition) is 2. The van der Waals surface area contributed by atoms with Gasteiger partial charge in [0.05, 0.1) is 0 Å². The van der Waals surface area contributed by atoms with Crippen molar-refractivity contribution in [3.63, 3.8) is 0 Å². The zero-order chi connectivity index (χ0) is 10.1. The molecule has 0 aliphatic carbocycles. The molecule has 2 N–H and O–H groups in total. The zero-order valence-electron chi connectivity index (χ0n) is 8.54. The molecule has 1 nitrogen and oxygen atoms in total. The molecule has 0 aromatic heterocycles. The number of rotatable bonds is 7. The summed E-state index contributed by atoms with van der Waals surface area (Å²) in [5, 5.41) is 0. The van der Waals surface area contributed by atoms with Gasteiger partial charge in [-0.1, -0.05) is 0 Å². The van der Waals surface area contributed by atoms with Crippen molar-refractivity contribution in [3.05, 3.63) is 0 Å². The summed E-state index contributed by atoms with van der Waals surface area (Å²) in [6.45, 7) is 4.50. The average molecular weight is 302 g/mol. The number of hydrogen-bond donors (Lipinski definition) is 1. The van der Waals surface area contributed by atoms with Crippen LogP contribution in [0.3, 0.4) is 0 Å². The molecule has 0 unspecified atom stereocenters. The van der Waals surface area contributed by atoms with E-state index < -0.39 is 16.0 Å². The average Bonchev–Trinajstić information content (AvgIpc) is 2.09. The van der Waals surface area contributed by atoms with Gasteiger partial charge in [-0.25, -0.2) is 0 Å². The summed E-state index contributed by atoms with van der Waals surface area (Å²) in [4.78, 5) is 2.86. The van der Waals surface area contributed by atoms with Crippen LogP contribution < -0.4 is 5.73 Å². The van der Waals surface area contributed by atoms with Gasteiger partial charge in [0.15, 0.2) is 0 Å². The maximum absolute atomic E-state index is 5.57. The molecule has 4 heteroatoms. The van der Waals surface area contributed by atoms with E-state index in [4.69, 9.17) is 18.0 Å². The van der Waals surface area contributed by atoms with Gasteiger partial charge in [-0.3, -0.25) is 0 Å². The first-order chi connectivity index (χ1) is 6.20. The predicted molar refractivity (Wildman–Crippen MR) is 63.8 cm³/mol. The van der Waals surface area contributed by atoms with Crippen molar-refractivity contribution in [2.24, 2.45) is 5.73 Å². The van der Waals surface area contributed by atoms with Crippen molar-refractivity contribution < 1.29 is 16.0 Å². The van der Waals surface area contributed by atoms with Crippen molar-refractivity contribution in [3.8, 4) is 0 Å². The standard InChI is InChI=1S/2C4H9.CH3NS2.Mo/c2*1-3-4-2;2-1(3)4;/h2*1,3-4H2,2H3;(H3,2,3,4);/q;;;+1/p-1. The molecule has 0 aliphatic rings. The fourth-order valence-electron chi connectivity index (χ4n) is 0.912. The van der Waals surface area contributed by atoms with Crippen LogP contribution in [0.15, 0.2) is 0 Å². The molecule has 0 atom stereocenters. The molecule has 0 amide bonds. The fraction of sp³-hybridized carbons (Fsp3) is 0.889. The summed E-state index contributed by atoms with van der Waals surface area (Å²) in [6, 6.07) is 0. The molecule has 0 radical (unpaired) electrons. The minimum atomic E-state index is -0.977. The van der Waals surface area contributed by atoms with Crippen molar-refractivity contribution >= 4 is 26.0 Å². The topological polar surface area (TPSA) is 26.0 Å². The Hall–Kier alpha value is 0.928. The maximum atomic E-state index is 5.57. The van der Waals surface area contributed by atoms with Crippen LogP contribution in [0.4, 0.5) is 0 Å². The molecular weight excluding hydrogens is 282 g/mol. The van der Waals surface area contributed by atoms with E-state index in [9.17, 15) is 0 Å². The Labute approximate surface area is 96.5 Å². The summed E-state index contributed by atoms with van der Waals surface area (Å²) < 4.78 is 0.684. The Morgan fingerprint density at radius 3 is 2.00 bits per heavy atom. The summed E-state index contributed by atoms with van der Waals surface area (Å²) in [5.74, 6) is 0. The molecule has 0 spiro atoms. The second-order valence-corrected chi connectivity index (χ2v) is 12.4. The molecule has 0 saturated carbocycles. The molecule has 0 fully saturated rings. The van der Waals surface area contributed by atoms with Crippen molar-refractivity contribution in [1.82, 2.24) is 0 Å². The Balaban J connectivity index is 3.66. The normalized spacial score (nSPS) is 10.7. The quantitative estimate of drug-likeness (QED) is 0.570. The van der Waals surface area contributed by atoms with Gasteiger partial charge in [0, 0.05) is 0 Å². The van der Waals surface area contributed by atoms with Crippen LogP contribution >= 0.6 is 21.7 Å². The number of nitrogens with two attached hydrogens (primary N) is 1. The van der Waals surface area contributed by atoms with Gasteiger partial charge < -0.3 is 0 Å². The van der Waals surface area contributed by atoms with Gasteiger partial charge in [0.2, 0.25) is 0 Å². The fourth-order valence-corrected chi connectivity index (χ4v) is 10.9. The number of thiocarbonyl (C=S) groups is 1. The van der Waals surface area contributed by atoms with E-state index >= 15 is 0 Å². The zero-order valence-corrected chi connectivity index (χ0v) is 12.2. The third kappa shape index (κ3) is 9.24. The van der Waals surface area contributed by atoms with Crippen molar-refractivity contribution in [2.45, 2.75) is 49.2 Å². The molecule has 0 saturated heterocycles. The van der Waals surface area contributed by atoms with Crippen LogP contribution in [0, 0.1) is 0 Å². The van der Waals surface area contributed by atoms with Crippen LogP contribution in [0.2, 0.25) is 9.62 Å². The molecule has 0 aliphatic heterocycles. The van der Waals surface area contributed by atoms with E-state index in [0.29, 0.717) is 4.32 Å². The third-order valence-electron chi connectivity index (χ3n) is 1.65. The van der Waals surface area contributed by atoms with E-state index in [1.807, 2.05) is 9.47 Å². The molecule has 13 heavy (non-hydrogen) atoms. The summed E-state index contributed by atoms with van der Waals surface area (Å²) in [5.41, 5.74) is 5.57.